The second-order valence-electron chi connectivity index (χ2n) is 4.13. The molecule has 7 heteroatoms. The van der Waals surface area contributed by atoms with E-state index in [4.69, 9.17) is 39.5 Å². The van der Waals surface area contributed by atoms with Crippen LogP contribution in [0.3, 0.4) is 0 Å². The minimum absolute atomic E-state index is 0.118. The maximum absolute atomic E-state index is 12.5. The molecule has 0 saturated heterocycles. The van der Waals surface area contributed by atoms with E-state index in [0.717, 1.165) is 12.1 Å². The van der Waals surface area contributed by atoms with Crippen LogP contribution >= 0.6 is 34.8 Å². The van der Waals surface area contributed by atoms with E-state index in [1.54, 1.807) is 18.2 Å². The Morgan fingerprint density at radius 3 is 2.24 bits per heavy atom. The fourth-order valence-corrected chi connectivity index (χ4v) is 2.30. The number of hydrogen-bond acceptors (Lipinski definition) is 1. The largest absolute Gasteiger partial charge is 0.456 e. The first-order valence-electron chi connectivity index (χ1n) is 5.70. The molecule has 0 fully saturated rings. The van der Waals surface area contributed by atoms with Gasteiger partial charge in [0, 0.05) is 10.9 Å². The van der Waals surface area contributed by atoms with Gasteiger partial charge in [-0.2, -0.15) is 13.2 Å². The summed E-state index contributed by atoms with van der Waals surface area (Å²) in [6.45, 7) is 0. The van der Waals surface area contributed by atoms with Gasteiger partial charge in [-0.3, -0.25) is 0 Å². The fourth-order valence-electron chi connectivity index (χ4n) is 1.60. The van der Waals surface area contributed by atoms with Crippen LogP contribution in [-0.4, -0.2) is 0 Å². The molecule has 0 aliphatic carbocycles. The van der Waals surface area contributed by atoms with Gasteiger partial charge < -0.3 is 4.74 Å². The zero-order chi connectivity index (χ0) is 15.6. The molecule has 1 nitrogen and oxygen atoms in total. The summed E-state index contributed by atoms with van der Waals surface area (Å²) in [7, 11) is 0. The second-order valence-corrected chi connectivity index (χ2v) is 5.21. The Morgan fingerprint density at radius 1 is 0.952 bits per heavy atom. The van der Waals surface area contributed by atoms with Crippen LogP contribution in [0.1, 0.15) is 11.1 Å². The van der Waals surface area contributed by atoms with Crippen molar-refractivity contribution in [3.8, 4) is 11.5 Å². The van der Waals surface area contributed by atoms with Crippen LogP contribution in [0.2, 0.25) is 10.0 Å². The second kappa shape index (κ2) is 6.34. The van der Waals surface area contributed by atoms with Crippen molar-refractivity contribution in [2.45, 2.75) is 12.1 Å². The lowest BCUT2D eigenvalue weighted by molar-refractivity contribution is -0.137. The summed E-state index contributed by atoms with van der Waals surface area (Å²) < 4.78 is 43.1. The van der Waals surface area contributed by atoms with Crippen LogP contribution < -0.4 is 4.74 Å². The summed E-state index contributed by atoms with van der Waals surface area (Å²) in [4.78, 5) is 0. The Labute approximate surface area is 134 Å². The molecule has 0 aliphatic heterocycles. The van der Waals surface area contributed by atoms with E-state index >= 15 is 0 Å². The minimum Gasteiger partial charge on any atom is -0.456 e. The number of alkyl halides is 4. The van der Waals surface area contributed by atoms with Gasteiger partial charge in [0.05, 0.1) is 10.6 Å². The Morgan fingerprint density at radius 2 is 1.67 bits per heavy atom. The Balaban J connectivity index is 2.28. The van der Waals surface area contributed by atoms with E-state index in [0.29, 0.717) is 16.3 Å². The highest BCUT2D eigenvalue weighted by Gasteiger charge is 2.31. The SMILES string of the molecule is FC(F)(F)c1ccc(Oc2ccc(Cl)c(CCl)c2)c(Cl)c1. The van der Waals surface area contributed by atoms with Gasteiger partial charge in [0.1, 0.15) is 11.5 Å². The maximum Gasteiger partial charge on any atom is 0.416 e. The average molecular weight is 356 g/mol. The summed E-state index contributed by atoms with van der Waals surface area (Å²) in [5.41, 5.74) is -0.184. The molecule has 21 heavy (non-hydrogen) atoms. The maximum atomic E-state index is 12.5. The highest BCUT2D eigenvalue weighted by Crippen LogP contribution is 2.37. The van der Waals surface area contributed by atoms with E-state index in [1.807, 2.05) is 0 Å². The van der Waals surface area contributed by atoms with E-state index in [-0.39, 0.29) is 16.7 Å². The normalized spacial score (nSPS) is 11.5. The lowest BCUT2D eigenvalue weighted by Gasteiger charge is -2.12. The van der Waals surface area contributed by atoms with Gasteiger partial charge in [0.2, 0.25) is 0 Å². The zero-order valence-corrected chi connectivity index (χ0v) is 12.6. The third kappa shape index (κ3) is 3.96. The van der Waals surface area contributed by atoms with Crippen molar-refractivity contribution in [2.75, 3.05) is 0 Å². The smallest absolute Gasteiger partial charge is 0.416 e. The molecule has 112 valence electrons. The third-order valence-corrected chi connectivity index (χ3v) is 3.60. The Kier molecular flexibility index (Phi) is 4.91. The van der Waals surface area contributed by atoms with Gasteiger partial charge in [0.25, 0.3) is 0 Å². The molecule has 2 aromatic carbocycles. The molecule has 0 aliphatic rings. The number of rotatable bonds is 3. The van der Waals surface area contributed by atoms with Gasteiger partial charge in [-0.15, -0.1) is 11.6 Å². The van der Waals surface area contributed by atoms with Crippen molar-refractivity contribution >= 4 is 34.8 Å². The van der Waals surface area contributed by atoms with Crippen LogP contribution in [0, 0.1) is 0 Å². The quantitative estimate of drug-likeness (QED) is 0.568. The monoisotopic (exact) mass is 354 g/mol. The number of ether oxygens (including phenoxy) is 1. The fraction of sp³-hybridized carbons (Fsp3) is 0.143. The summed E-state index contributed by atoms with van der Waals surface area (Å²) in [6.07, 6.45) is -4.45. The summed E-state index contributed by atoms with van der Waals surface area (Å²) in [5, 5.41) is 0.350. The van der Waals surface area contributed by atoms with Crippen LogP contribution in [0.5, 0.6) is 11.5 Å². The molecule has 0 amide bonds. The van der Waals surface area contributed by atoms with E-state index in [9.17, 15) is 13.2 Å². The molecule has 0 aromatic heterocycles. The number of hydrogen-bond donors (Lipinski definition) is 0. The molecule has 0 spiro atoms. The van der Waals surface area contributed by atoms with Crippen molar-refractivity contribution < 1.29 is 17.9 Å². The van der Waals surface area contributed by atoms with Gasteiger partial charge in [-0.05, 0) is 42.0 Å². The average Bonchev–Trinajstić information content (AvgIpc) is 2.42. The van der Waals surface area contributed by atoms with Crippen molar-refractivity contribution in [3.63, 3.8) is 0 Å². The Hall–Kier alpha value is -1.10. The minimum atomic E-state index is -4.45. The zero-order valence-electron chi connectivity index (χ0n) is 10.3. The molecule has 0 radical (unpaired) electrons. The molecule has 0 bridgehead atoms. The third-order valence-electron chi connectivity index (χ3n) is 2.65. The predicted octanol–water partition coefficient (Wildman–Crippen LogP) is 6.54. The summed E-state index contributed by atoms with van der Waals surface area (Å²) >= 11 is 17.4. The lowest BCUT2D eigenvalue weighted by Crippen LogP contribution is -2.04. The molecule has 0 heterocycles. The highest BCUT2D eigenvalue weighted by molar-refractivity contribution is 6.32. The van der Waals surface area contributed by atoms with Gasteiger partial charge >= 0.3 is 6.18 Å². The molecule has 0 atom stereocenters. The van der Waals surface area contributed by atoms with Crippen LogP contribution in [-0.2, 0) is 12.1 Å². The standard InChI is InChI=1S/C14H8Cl3F3O/c15-7-8-5-10(2-3-11(8)16)21-13-4-1-9(6-12(13)17)14(18,19)20/h1-6H,7H2. The Bertz CT molecular complexity index is 656. The van der Waals surface area contributed by atoms with Gasteiger partial charge in [-0.1, -0.05) is 23.2 Å². The predicted molar refractivity (Wildman–Crippen MR) is 77.5 cm³/mol. The first kappa shape index (κ1) is 16.3. The lowest BCUT2D eigenvalue weighted by atomic mass is 10.2. The summed E-state index contributed by atoms with van der Waals surface area (Å²) in [6, 6.07) is 7.65. The van der Waals surface area contributed by atoms with Crippen LogP contribution in [0.25, 0.3) is 0 Å². The van der Waals surface area contributed by atoms with E-state index in [1.165, 1.54) is 6.07 Å². The van der Waals surface area contributed by atoms with Crippen molar-refractivity contribution in [3.05, 3.63) is 57.6 Å². The molecular formula is C14H8Cl3F3O. The summed E-state index contributed by atoms with van der Waals surface area (Å²) in [5.74, 6) is 0.695. The van der Waals surface area contributed by atoms with Gasteiger partial charge in [-0.25, -0.2) is 0 Å². The molecule has 0 N–H and O–H groups in total. The molecule has 2 aromatic rings. The first-order valence-corrected chi connectivity index (χ1v) is 6.99. The molecule has 0 unspecified atom stereocenters. The number of benzene rings is 2. The number of halogens is 6. The topological polar surface area (TPSA) is 9.23 Å². The van der Waals surface area contributed by atoms with Crippen molar-refractivity contribution in [2.24, 2.45) is 0 Å². The first-order chi connectivity index (χ1) is 9.81. The van der Waals surface area contributed by atoms with Gasteiger partial charge in [0.15, 0.2) is 0 Å². The van der Waals surface area contributed by atoms with Crippen LogP contribution in [0.15, 0.2) is 36.4 Å². The van der Waals surface area contributed by atoms with E-state index in [2.05, 4.69) is 0 Å². The molecule has 2 rings (SSSR count). The van der Waals surface area contributed by atoms with Crippen molar-refractivity contribution in [1.82, 2.24) is 0 Å². The molecule has 0 saturated carbocycles. The highest BCUT2D eigenvalue weighted by atomic mass is 35.5. The van der Waals surface area contributed by atoms with Crippen LogP contribution in [0.4, 0.5) is 13.2 Å². The van der Waals surface area contributed by atoms with E-state index < -0.39 is 11.7 Å². The van der Waals surface area contributed by atoms with Crippen molar-refractivity contribution in [1.29, 1.82) is 0 Å². The molecular weight excluding hydrogens is 348 g/mol.